The Balaban J connectivity index is 1.59. The maximum Gasteiger partial charge on any atom is 0.254 e. The molecule has 2 aliphatic rings. The molecular formula is C20H29N3O4. The van der Waals surface area contributed by atoms with Crippen LogP contribution in [0.4, 0.5) is 0 Å². The number of nitrogens with zero attached hydrogens (tertiary/aromatic N) is 3. The van der Waals surface area contributed by atoms with E-state index in [9.17, 15) is 9.59 Å². The number of rotatable bonds is 5. The third kappa shape index (κ3) is 4.35. The molecule has 0 aromatic heterocycles. The van der Waals surface area contributed by atoms with E-state index in [2.05, 4.69) is 4.90 Å². The maximum absolute atomic E-state index is 12.9. The van der Waals surface area contributed by atoms with Crippen molar-refractivity contribution >= 4 is 11.8 Å². The predicted octanol–water partition coefficient (Wildman–Crippen LogP) is 1.39. The third-order valence-electron chi connectivity index (χ3n) is 5.48. The summed E-state index contributed by atoms with van der Waals surface area (Å²) < 4.78 is 10.7. The Bertz CT molecular complexity index is 667. The molecule has 1 aromatic carbocycles. The maximum atomic E-state index is 12.9. The van der Waals surface area contributed by atoms with Crippen molar-refractivity contribution in [3.8, 4) is 11.5 Å². The van der Waals surface area contributed by atoms with E-state index in [-0.39, 0.29) is 11.8 Å². The quantitative estimate of drug-likeness (QED) is 0.778. The van der Waals surface area contributed by atoms with Gasteiger partial charge in [0.05, 0.1) is 20.8 Å². The van der Waals surface area contributed by atoms with Crippen molar-refractivity contribution in [2.24, 2.45) is 0 Å². The highest BCUT2D eigenvalue weighted by Gasteiger charge is 2.26. The van der Waals surface area contributed by atoms with Crippen LogP contribution < -0.4 is 9.47 Å². The van der Waals surface area contributed by atoms with Crippen molar-refractivity contribution in [2.45, 2.75) is 19.8 Å². The molecule has 148 valence electrons. The third-order valence-corrected chi connectivity index (χ3v) is 5.48. The van der Waals surface area contributed by atoms with Gasteiger partial charge in [-0.05, 0) is 31.9 Å². The molecular weight excluding hydrogens is 346 g/mol. The Kier molecular flexibility index (Phi) is 6.21. The van der Waals surface area contributed by atoms with E-state index in [1.54, 1.807) is 26.4 Å². The second kappa shape index (κ2) is 8.61. The zero-order valence-electron chi connectivity index (χ0n) is 16.5. The van der Waals surface area contributed by atoms with Crippen LogP contribution in [0.25, 0.3) is 0 Å². The van der Waals surface area contributed by atoms with Crippen LogP contribution in [0.1, 0.15) is 28.8 Å². The van der Waals surface area contributed by atoms with Crippen LogP contribution in [0.5, 0.6) is 11.5 Å². The van der Waals surface area contributed by atoms with Gasteiger partial charge in [-0.15, -0.1) is 0 Å². The van der Waals surface area contributed by atoms with Crippen LogP contribution in [0.3, 0.4) is 0 Å². The molecule has 0 atom stereocenters. The van der Waals surface area contributed by atoms with Crippen molar-refractivity contribution in [1.82, 2.24) is 14.7 Å². The number of amides is 2. The number of hydrogen-bond donors (Lipinski definition) is 0. The lowest BCUT2D eigenvalue weighted by atomic mass is 10.1. The summed E-state index contributed by atoms with van der Waals surface area (Å²) >= 11 is 0. The van der Waals surface area contributed by atoms with E-state index in [0.717, 1.165) is 31.5 Å². The molecule has 0 N–H and O–H groups in total. The van der Waals surface area contributed by atoms with E-state index >= 15 is 0 Å². The van der Waals surface area contributed by atoms with Gasteiger partial charge < -0.3 is 19.3 Å². The summed E-state index contributed by atoms with van der Waals surface area (Å²) in [7, 11) is 3.18. The number of ether oxygens (including phenoxy) is 2. The van der Waals surface area contributed by atoms with Crippen molar-refractivity contribution in [3.05, 3.63) is 23.3 Å². The molecule has 3 rings (SSSR count). The van der Waals surface area contributed by atoms with Crippen molar-refractivity contribution in [2.75, 3.05) is 60.0 Å². The van der Waals surface area contributed by atoms with Crippen molar-refractivity contribution < 1.29 is 19.1 Å². The Labute approximate surface area is 160 Å². The van der Waals surface area contributed by atoms with Gasteiger partial charge in [0.1, 0.15) is 11.5 Å². The summed E-state index contributed by atoms with van der Waals surface area (Å²) in [6, 6.07) is 3.53. The molecule has 7 nitrogen and oxygen atoms in total. The van der Waals surface area contributed by atoms with Crippen molar-refractivity contribution in [1.29, 1.82) is 0 Å². The topological polar surface area (TPSA) is 62.3 Å². The van der Waals surface area contributed by atoms with E-state index in [1.165, 1.54) is 0 Å². The van der Waals surface area contributed by atoms with E-state index in [4.69, 9.17) is 9.47 Å². The van der Waals surface area contributed by atoms with Gasteiger partial charge in [0.2, 0.25) is 5.91 Å². The second-order valence-electron chi connectivity index (χ2n) is 7.16. The number of piperazine rings is 1. The Hall–Kier alpha value is -2.28. The van der Waals surface area contributed by atoms with Gasteiger partial charge in [-0.25, -0.2) is 0 Å². The van der Waals surface area contributed by atoms with Gasteiger partial charge in [0, 0.05) is 50.4 Å². The Morgan fingerprint density at radius 2 is 1.44 bits per heavy atom. The minimum Gasteiger partial charge on any atom is -0.496 e. The fourth-order valence-corrected chi connectivity index (χ4v) is 3.76. The second-order valence-corrected chi connectivity index (χ2v) is 7.16. The number of carbonyl (C=O) groups is 2. The summed E-state index contributed by atoms with van der Waals surface area (Å²) in [6.07, 6.45) is 2.22. The van der Waals surface area contributed by atoms with Gasteiger partial charge in [-0.2, -0.15) is 0 Å². The zero-order valence-corrected chi connectivity index (χ0v) is 16.5. The summed E-state index contributed by atoms with van der Waals surface area (Å²) in [5.74, 6) is 1.47. The molecule has 1 aromatic rings. The lowest BCUT2D eigenvalue weighted by Gasteiger charge is -2.35. The van der Waals surface area contributed by atoms with Gasteiger partial charge >= 0.3 is 0 Å². The highest BCUT2D eigenvalue weighted by atomic mass is 16.5. The standard InChI is InChI=1S/C20H29N3O4/c1-15-17(26-2)12-16(13-18(15)27-3)20(25)23-10-8-21(9-11-23)14-19(24)22-6-4-5-7-22/h12-13H,4-11,14H2,1-3H3. The van der Waals surface area contributed by atoms with Crippen molar-refractivity contribution in [3.63, 3.8) is 0 Å². The number of carbonyl (C=O) groups excluding carboxylic acids is 2. The van der Waals surface area contributed by atoms with Crippen LogP contribution in [-0.4, -0.2) is 86.5 Å². The van der Waals surface area contributed by atoms with Crippen LogP contribution in [0.2, 0.25) is 0 Å². The lowest BCUT2D eigenvalue weighted by Crippen LogP contribution is -2.51. The number of benzene rings is 1. The molecule has 0 bridgehead atoms. The number of likely N-dealkylation sites (tertiary alicyclic amines) is 1. The predicted molar refractivity (Wildman–Crippen MR) is 102 cm³/mol. The highest BCUT2D eigenvalue weighted by molar-refractivity contribution is 5.95. The lowest BCUT2D eigenvalue weighted by molar-refractivity contribution is -0.131. The molecule has 2 heterocycles. The Morgan fingerprint density at radius 3 is 1.96 bits per heavy atom. The molecule has 27 heavy (non-hydrogen) atoms. The normalized spacial score (nSPS) is 17.9. The molecule has 2 aliphatic heterocycles. The molecule has 0 radical (unpaired) electrons. The summed E-state index contributed by atoms with van der Waals surface area (Å²) in [5, 5.41) is 0. The van der Waals surface area contributed by atoms with Gasteiger partial charge in [-0.3, -0.25) is 14.5 Å². The largest absolute Gasteiger partial charge is 0.496 e. The average molecular weight is 375 g/mol. The number of methoxy groups -OCH3 is 2. The first-order chi connectivity index (χ1) is 13.0. The molecule has 0 saturated carbocycles. The van der Waals surface area contributed by atoms with E-state index in [0.29, 0.717) is 49.8 Å². The molecule has 2 amide bonds. The van der Waals surface area contributed by atoms with E-state index in [1.807, 2.05) is 16.7 Å². The van der Waals surface area contributed by atoms with Gasteiger partial charge in [0.25, 0.3) is 5.91 Å². The fourth-order valence-electron chi connectivity index (χ4n) is 3.76. The highest BCUT2D eigenvalue weighted by Crippen LogP contribution is 2.30. The first-order valence-electron chi connectivity index (χ1n) is 9.55. The minimum absolute atomic E-state index is 0.0304. The first-order valence-corrected chi connectivity index (χ1v) is 9.55. The molecule has 7 heteroatoms. The van der Waals surface area contributed by atoms with Gasteiger partial charge in [-0.1, -0.05) is 0 Å². The number of hydrogen-bond acceptors (Lipinski definition) is 5. The fraction of sp³-hybridized carbons (Fsp3) is 0.600. The molecule has 2 saturated heterocycles. The molecule has 0 spiro atoms. The molecule has 2 fully saturated rings. The smallest absolute Gasteiger partial charge is 0.254 e. The zero-order chi connectivity index (χ0) is 19.4. The Morgan fingerprint density at radius 1 is 0.889 bits per heavy atom. The average Bonchev–Trinajstić information content (AvgIpc) is 3.23. The molecule has 0 aliphatic carbocycles. The summed E-state index contributed by atoms with van der Waals surface area (Å²) in [6.45, 7) is 6.78. The van der Waals surface area contributed by atoms with Gasteiger partial charge in [0.15, 0.2) is 0 Å². The SMILES string of the molecule is COc1cc(C(=O)N2CCN(CC(=O)N3CCCC3)CC2)cc(OC)c1C. The monoisotopic (exact) mass is 375 g/mol. The van der Waals surface area contributed by atoms with Crippen LogP contribution in [-0.2, 0) is 4.79 Å². The van der Waals surface area contributed by atoms with Crippen LogP contribution in [0, 0.1) is 6.92 Å². The molecule has 0 unspecified atom stereocenters. The summed E-state index contributed by atoms with van der Waals surface area (Å²) in [5.41, 5.74) is 1.44. The minimum atomic E-state index is -0.0304. The van der Waals surface area contributed by atoms with E-state index < -0.39 is 0 Å². The van der Waals surface area contributed by atoms with Crippen LogP contribution in [0.15, 0.2) is 12.1 Å². The first kappa shape index (κ1) is 19.5. The van der Waals surface area contributed by atoms with Crippen LogP contribution >= 0.6 is 0 Å². The summed E-state index contributed by atoms with van der Waals surface area (Å²) in [4.78, 5) is 31.1.